The summed E-state index contributed by atoms with van der Waals surface area (Å²) in [5.41, 5.74) is 3.59. The van der Waals surface area contributed by atoms with Gasteiger partial charge in [-0.1, -0.05) is 6.07 Å². The molecule has 4 heterocycles. The lowest BCUT2D eigenvalue weighted by Crippen LogP contribution is -2.58. The molecule has 0 spiro atoms. The van der Waals surface area contributed by atoms with Gasteiger partial charge in [0.1, 0.15) is 18.2 Å². The minimum Gasteiger partial charge on any atom is -0.489 e. The Bertz CT molecular complexity index is 1360. The summed E-state index contributed by atoms with van der Waals surface area (Å²) < 4.78 is 19.2. The first kappa shape index (κ1) is 23.4. The van der Waals surface area contributed by atoms with Crippen molar-refractivity contribution >= 4 is 29.3 Å². The molecule has 2 fully saturated rings. The number of hydrogen-bond acceptors (Lipinski definition) is 6. The number of benzene rings is 2. The summed E-state index contributed by atoms with van der Waals surface area (Å²) >= 11 is 0. The van der Waals surface area contributed by atoms with Crippen molar-refractivity contribution in [2.75, 3.05) is 26.2 Å². The maximum Gasteiger partial charge on any atom is 0.343 e. The molecule has 0 atom stereocenters. The van der Waals surface area contributed by atoms with Gasteiger partial charge in [0.2, 0.25) is 5.91 Å². The quantitative estimate of drug-likeness (QED) is 0.643. The van der Waals surface area contributed by atoms with E-state index in [1.165, 1.54) is 17.7 Å². The van der Waals surface area contributed by atoms with Crippen LogP contribution in [0.2, 0.25) is 0 Å². The standard InChI is InChI=1S/C27H25FN4O5/c28-18-2-4-20-19(8-12-37-23(20)14-18)17-5-9-30(10-6-17)15-16-1-3-21-22(13-16)26(35)32(25(21)34)31-11-7-24(33)29-27(31)36/h1-4,8,13-14,17H,5-7,9-12,15H2,(H,29,33,36). The van der Waals surface area contributed by atoms with Crippen LogP contribution in [0.1, 0.15) is 51.1 Å². The topological polar surface area (TPSA) is 99.3 Å². The second-order valence-corrected chi connectivity index (χ2v) is 9.69. The zero-order valence-electron chi connectivity index (χ0n) is 20.0. The fourth-order valence-electron chi connectivity index (χ4n) is 5.57. The van der Waals surface area contributed by atoms with Crippen molar-refractivity contribution in [2.45, 2.75) is 25.8 Å². The van der Waals surface area contributed by atoms with E-state index in [1.807, 2.05) is 6.07 Å². The van der Waals surface area contributed by atoms with Crippen LogP contribution in [0.5, 0.6) is 5.75 Å². The van der Waals surface area contributed by atoms with E-state index in [9.17, 15) is 23.6 Å². The van der Waals surface area contributed by atoms with Crippen molar-refractivity contribution in [3.63, 3.8) is 0 Å². The van der Waals surface area contributed by atoms with E-state index in [0.29, 0.717) is 24.8 Å². The van der Waals surface area contributed by atoms with E-state index >= 15 is 0 Å². The van der Waals surface area contributed by atoms with Gasteiger partial charge >= 0.3 is 6.03 Å². The Balaban J connectivity index is 1.12. The number of nitrogens with zero attached hydrogens (tertiary/aromatic N) is 3. The summed E-state index contributed by atoms with van der Waals surface area (Å²) in [4.78, 5) is 51.9. The number of nitrogens with one attached hydrogen (secondary N) is 1. The molecular weight excluding hydrogens is 479 g/mol. The summed E-state index contributed by atoms with van der Waals surface area (Å²) in [6.07, 6.45) is 4.00. The molecule has 5 amide bonds. The molecule has 4 aliphatic heterocycles. The number of carbonyl (C=O) groups excluding carboxylic acids is 4. The highest BCUT2D eigenvalue weighted by molar-refractivity contribution is 6.22. The van der Waals surface area contributed by atoms with E-state index in [0.717, 1.165) is 47.1 Å². The molecule has 0 bridgehead atoms. The molecule has 0 unspecified atom stereocenters. The number of halogens is 1. The SMILES string of the molecule is O=C1CCN(N2C(=O)c3ccc(CN4CCC(C5=CCOc6cc(F)ccc65)CC4)cc3C2=O)C(=O)N1. The van der Waals surface area contributed by atoms with Gasteiger partial charge in [-0.15, -0.1) is 0 Å². The van der Waals surface area contributed by atoms with Crippen LogP contribution in [-0.4, -0.2) is 64.9 Å². The molecule has 6 rings (SSSR count). The molecule has 10 heteroatoms. The summed E-state index contributed by atoms with van der Waals surface area (Å²) in [5, 5.41) is 3.96. The Morgan fingerprint density at radius 1 is 0.919 bits per heavy atom. The highest BCUT2D eigenvalue weighted by atomic mass is 19.1. The summed E-state index contributed by atoms with van der Waals surface area (Å²) in [6, 6.07) is 9.12. The summed E-state index contributed by atoms with van der Waals surface area (Å²) in [7, 11) is 0. The van der Waals surface area contributed by atoms with Crippen LogP contribution in [-0.2, 0) is 11.3 Å². The second-order valence-electron chi connectivity index (χ2n) is 9.69. The fraction of sp³-hybridized carbons (Fsp3) is 0.333. The monoisotopic (exact) mass is 504 g/mol. The molecule has 4 aliphatic rings. The van der Waals surface area contributed by atoms with Crippen molar-refractivity contribution < 1.29 is 28.3 Å². The van der Waals surface area contributed by atoms with Gasteiger partial charge in [-0.05, 0) is 73.3 Å². The third-order valence-electron chi connectivity index (χ3n) is 7.43. The molecular formula is C27H25FN4O5. The Morgan fingerprint density at radius 2 is 1.68 bits per heavy atom. The van der Waals surface area contributed by atoms with E-state index in [1.54, 1.807) is 18.2 Å². The van der Waals surface area contributed by atoms with Crippen molar-refractivity contribution in [1.29, 1.82) is 0 Å². The van der Waals surface area contributed by atoms with Crippen molar-refractivity contribution in [3.05, 3.63) is 70.5 Å². The lowest BCUT2D eigenvalue weighted by molar-refractivity contribution is -0.122. The predicted octanol–water partition coefficient (Wildman–Crippen LogP) is 2.97. The Hall–Kier alpha value is -4.05. The number of ether oxygens (including phenoxy) is 1. The van der Waals surface area contributed by atoms with Crippen molar-refractivity contribution in [1.82, 2.24) is 20.2 Å². The average molecular weight is 505 g/mol. The third-order valence-corrected chi connectivity index (χ3v) is 7.43. The molecule has 0 radical (unpaired) electrons. The van der Waals surface area contributed by atoms with Gasteiger partial charge in [0.15, 0.2) is 0 Å². The number of rotatable bonds is 4. The van der Waals surface area contributed by atoms with Gasteiger partial charge < -0.3 is 4.74 Å². The number of fused-ring (bicyclic) bond motifs is 2. The van der Waals surface area contributed by atoms with Crippen LogP contribution in [0.4, 0.5) is 9.18 Å². The number of hydrazine groups is 1. The van der Waals surface area contributed by atoms with E-state index in [-0.39, 0.29) is 29.9 Å². The first-order chi connectivity index (χ1) is 17.9. The van der Waals surface area contributed by atoms with E-state index in [4.69, 9.17) is 4.74 Å². The number of likely N-dealkylation sites (tertiary alicyclic amines) is 1. The molecule has 0 aliphatic carbocycles. The molecule has 2 aromatic rings. The molecule has 0 aromatic heterocycles. The molecule has 190 valence electrons. The van der Waals surface area contributed by atoms with Crippen LogP contribution in [0.3, 0.4) is 0 Å². The average Bonchev–Trinajstić information content (AvgIpc) is 3.13. The van der Waals surface area contributed by atoms with Gasteiger partial charge in [0.05, 0.1) is 17.7 Å². The molecule has 1 N–H and O–H groups in total. The second kappa shape index (κ2) is 9.11. The maximum atomic E-state index is 13.6. The number of amides is 5. The minimum absolute atomic E-state index is 0.0206. The van der Waals surface area contributed by atoms with Crippen LogP contribution in [0, 0.1) is 11.7 Å². The summed E-state index contributed by atoms with van der Waals surface area (Å²) in [5.74, 6) is -0.912. The van der Waals surface area contributed by atoms with Gasteiger partial charge in [0.25, 0.3) is 11.8 Å². The largest absolute Gasteiger partial charge is 0.489 e. The van der Waals surface area contributed by atoms with Crippen molar-refractivity contribution in [3.8, 4) is 5.75 Å². The summed E-state index contributed by atoms with van der Waals surface area (Å²) in [6.45, 7) is 2.76. The van der Waals surface area contributed by atoms with Crippen LogP contribution in [0.15, 0.2) is 42.5 Å². The number of imide groups is 2. The maximum absolute atomic E-state index is 13.6. The Kier molecular flexibility index (Phi) is 5.75. The Morgan fingerprint density at radius 3 is 2.46 bits per heavy atom. The van der Waals surface area contributed by atoms with E-state index < -0.39 is 23.8 Å². The van der Waals surface area contributed by atoms with Crippen LogP contribution >= 0.6 is 0 Å². The van der Waals surface area contributed by atoms with Gasteiger partial charge in [-0.2, -0.15) is 5.01 Å². The molecule has 9 nitrogen and oxygen atoms in total. The molecule has 2 aromatic carbocycles. The number of piperidine rings is 1. The normalized spacial score (nSPS) is 20.4. The number of allylic oxidation sites excluding steroid dienone is 1. The highest BCUT2D eigenvalue weighted by Crippen LogP contribution is 2.39. The van der Waals surface area contributed by atoms with Gasteiger partial charge in [0, 0.05) is 24.6 Å². The highest BCUT2D eigenvalue weighted by Gasteiger charge is 2.43. The van der Waals surface area contributed by atoms with E-state index in [2.05, 4.69) is 16.3 Å². The molecule has 2 saturated heterocycles. The predicted molar refractivity (Wildman–Crippen MR) is 130 cm³/mol. The number of carbonyl (C=O) groups is 4. The Labute approximate surface area is 212 Å². The van der Waals surface area contributed by atoms with Crippen molar-refractivity contribution in [2.24, 2.45) is 5.92 Å². The van der Waals surface area contributed by atoms with Crippen LogP contribution in [0.25, 0.3) is 5.57 Å². The first-order valence-electron chi connectivity index (χ1n) is 12.4. The lowest BCUT2D eigenvalue weighted by atomic mass is 9.83. The zero-order valence-corrected chi connectivity index (χ0v) is 20.0. The number of hydrogen-bond donors (Lipinski definition) is 1. The zero-order chi connectivity index (χ0) is 25.7. The van der Waals surface area contributed by atoms with Gasteiger partial charge in [-0.25, -0.2) is 14.2 Å². The first-order valence-corrected chi connectivity index (χ1v) is 12.4. The number of urea groups is 1. The molecule has 0 saturated carbocycles. The molecule has 37 heavy (non-hydrogen) atoms. The third kappa shape index (κ3) is 4.17. The van der Waals surface area contributed by atoms with Gasteiger partial charge in [-0.3, -0.25) is 24.6 Å². The smallest absolute Gasteiger partial charge is 0.343 e. The fourth-order valence-corrected chi connectivity index (χ4v) is 5.57. The van der Waals surface area contributed by atoms with Crippen LogP contribution < -0.4 is 10.1 Å². The lowest BCUT2D eigenvalue weighted by Gasteiger charge is -2.34. The minimum atomic E-state index is -0.777.